The maximum absolute atomic E-state index is 12.6. The molecule has 0 radical (unpaired) electrons. The monoisotopic (exact) mass is 419 g/mol. The Morgan fingerprint density at radius 1 is 1.40 bits per heavy atom. The number of nitrogens with zero attached hydrogens (tertiary/aromatic N) is 1. The van der Waals surface area contributed by atoms with E-state index in [0.29, 0.717) is 5.02 Å². The zero-order chi connectivity index (χ0) is 14.9. The minimum absolute atomic E-state index is 0.0369. The van der Waals surface area contributed by atoms with Gasteiger partial charge < -0.3 is 4.90 Å². The fraction of sp³-hybridized carbons (Fsp3) is 0.400. The van der Waals surface area contributed by atoms with Crippen LogP contribution in [0.4, 0.5) is 0 Å². The van der Waals surface area contributed by atoms with Crippen LogP contribution in [0.25, 0.3) is 0 Å². The molecule has 0 N–H and O–H groups in total. The average molecular weight is 420 g/mol. The summed E-state index contributed by atoms with van der Waals surface area (Å²) in [4.78, 5) is 14.4. The highest BCUT2D eigenvalue weighted by Crippen LogP contribution is 2.47. The summed E-state index contributed by atoms with van der Waals surface area (Å²) in [6, 6.07) is 7.62. The normalized spacial score (nSPS) is 24.0. The second-order valence-corrected chi connectivity index (χ2v) is 7.80. The molecule has 2 nitrogen and oxygen atoms in total. The van der Waals surface area contributed by atoms with Gasteiger partial charge in [-0.3, -0.25) is 4.79 Å². The summed E-state index contributed by atoms with van der Waals surface area (Å²) in [5, 5.41) is 0.615. The van der Waals surface area contributed by atoms with Crippen molar-refractivity contribution in [2.75, 3.05) is 0 Å². The van der Waals surface area contributed by atoms with E-state index in [2.05, 4.69) is 42.4 Å². The first-order valence-corrected chi connectivity index (χ1v) is 8.85. The van der Waals surface area contributed by atoms with Crippen molar-refractivity contribution in [3.8, 4) is 12.3 Å². The van der Waals surface area contributed by atoms with E-state index in [1.807, 2.05) is 24.3 Å². The molecule has 0 saturated carbocycles. The van der Waals surface area contributed by atoms with Crippen LogP contribution in [0.15, 0.2) is 24.3 Å². The van der Waals surface area contributed by atoms with Gasteiger partial charge in [-0.05, 0) is 46.2 Å². The third kappa shape index (κ3) is 3.10. The molecule has 106 valence electrons. The molecule has 1 aromatic carbocycles. The summed E-state index contributed by atoms with van der Waals surface area (Å²) in [5.41, 5.74) is 1.06. The molecule has 1 aliphatic rings. The second-order valence-electron chi connectivity index (χ2n) is 4.95. The number of halogens is 2. The van der Waals surface area contributed by atoms with Crippen LogP contribution in [0.1, 0.15) is 24.8 Å². The van der Waals surface area contributed by atoms with Crippen molar-refractivity contribution in [2.24, 2.45) is 5.92 Å². The van der Waals surface area contributed by atoms with Crippen LogP contribution >= 0.6 is 46.0 Å². The summed E-state index contributed by atoms with van der Waals surface area (Å²) in [6.45, 7) is 4.13. The van der Waals surface area contributed by atoms with Crippen LogP contribution < -0.4 is 0 Å². The van der Waals surface area contributed by atoms with Gasteiger partial charge in [-0.2, -0.15) is 0 Å². The number of carbonyl (C=O) groups excluding carboxylic acids is 1. The highest BCUT2D eigenvalue weighted by Gasteiger charge is 2.44. The molecule has 0 aromatic heterocycles. The maximum Gasteiger partial charge on any atom is 0.238 e. The lowest BCUT2D eigenvalue weighted by Crippen LogP contribution is -2.37. The molecule has 3 unspecified atom stereocenters. The topological polar surface area (TPSA) is 20.3 Å². The molecule has 3 atom stereocenters. The summed E-state index contributed by atoms with van der Waals surface area (Å²) in [5.74, 6) is 3.07. The van der Waals surface area contributed by atoms with E-state index >= 15 is 0 Å². The Morgan fingerprint density at radius 2 is 2.00 bits per heavy atom. The molecule has 0 aliphatic carbocycles. The first-order valence-electron chi connectivity index (χ1n) is 6.29. The molecule has 1 aliphatic heterocycles. The molecule has 1 amide bonds. The predicted molar refractivity (Wildman–Crippen MR) is 93.9 cm³/mol. The van der Waals surface area contributed by atoms with Crippen molar-refractivity contribution < 1.29 is 4.79 Å². The van der Waals surface area contributed by atoms with Crippen molar-refractivity contribution in [1.29, 1.82) is 0 Å². The number of hydrogen-bond donors (Lipinski definition) is 0. The number of terminal acetylenes is 1. The lowest BCUT2D eigenvalue weighted by atomic mass is 10.1. The van der Waals surface area contributed by atoms with Gasteiger partial charge in [0.15, 0.2) is 0 Å². The zero-order valence-corrected chi connectivity index (χ0v) is 14.9. The molecule has 0 spiro atoms. The first-order chi connectivity index (χ1) is 9.45. The molecule has 1 fully saturated rings. The third-order valence-corrected chi connectivity index (χ3v) is 6.18. The first kappa shape index (κ1) is 16.0. The number of benzene rings is 1. The molecule has 1 aromatic rings. The van der Waals surface area contributed by atoms with E-state index in [1.54, 1.807) is 16.7 Å². The Hall–Kier alpha value is -0.380. The van der Waals surface area contributed by atoms with E-state index in [1.165, 1.54) is 0 Å². The van der Waals surface area contributed by atoms with Gasteiger partial charge >= 0.3 is 0 Å². The molecule has 2 rings (SSSR count). The quantitative estimate of drug-likeness (QED) is 0.314. The van der Waals surface area contributed by atoms with Crippen LogP contribution in [0.5, 0.6) is 0 Å². The summed E-state index contributed by atoms with van der Waals surface area (Å²) >= 11 is 9.74. The fourth-order valence-corrected chi connectivity index (χ4v) is 4.59. The van der Waals surface area contributed by atoms with Crippen molar-refractivity contribution >= 4 is 51.9 Å². The lowest BCUT2D eigenvalue weighted by molar-refractivity contribution is -0.130. The van der Waals surface area contributed by atoms with Crippen LogP contribution in [-0.2, 0) is 4.79 Å². The third-order valence-electron chi connectivity index (χ3n) is 3.17. The summed E-state index contributed by atoms with van der Waals surface area (Å²) in [6.07, 6.45) is 5.52. The molecule has 1 heterocycles. The van der Waals surface area contributed by atoms with Gasteiger partial charge in [-0.25, -0.2) is 0 Å². The summed E-state index contributed by atoms with van der Waals surface area (Å²) in [7, 11) is 0. The van der Waals surface area contributed by atoms with E-state index < -0.39 is 0 Å². The highest BCUT2D eigenvalue weighted by atomic mass is 127. The molecule has 1 saturated heterocycles. The van der Waals surface area contributed by atoms with Crippen molar-refractivity contribution in [2.45, 2.75) is 28.5 Å². The van der Waals surface area contributed by atoms with Crippen LogP contribution in [0.3, 0.4) is 0 Å². The fourth-order valence-electron chi connectivity index (χ4n) is 2.14. The number of hydrogen-bond acceptors (Lipinski definition) is 2. The maximum atomic E-state index is 12.6. The lowest BCUT2D eigenvalue weighted by Gasteiger charge is -2.26. The Bertz CT molecular complexity index is 540. The van der Waals surface area contributed by atoms with Crippen LogP contribution in [-0.4, -0.2) is 20.1 Å². The van der Waals surface area contributed by atoms with E-state index in [0.717, 1.165) is 5.56 Å². The average Bonchev–Trinajstić information content (AvgIpc) is 2.76. The number of amides is 1. The van der Waals surface area contributed by atoms with Gasteiger partial charge in [0.25, 0.3) is 0 Å². The largest absolute Gasteiger partial charge is 0.303 e. The number of thioether (sulfide) groups is 1. The Kier molecular flexibility index (Phi) is 5.27. The van der Waals surface area contributed by atoms with Gasteiger partial charge in [0.05, 0.1) is 5.25 Å². The second kappa shape index (κ2) is 6.59. The minimum atomic E-state index is -0.239. The highest BCUT2D eigenvalue weighted by molar-refractivity contribution is 14.1. The standard InChI is InChI=1S/C15H15ClINOS/c1-4-12(17)18-14(19)13(9(2)3)20-15(18)10-5-7-11(16)8-6-10/h1,5-9,12-13,15H,2-3H3. The number of alkyl halides is 1. The van der Waals surface area contributed by atoms with Gasteiger partial charge in [-0.15, -0.1) is 18.2 Å². The van der Waals surface area contributed by atoms with Gasteiger partial charge in [0, 0.05) is 5.02 Å². The van der Waals surface area contributed by atoms with E-state index in [9.17, 15) is 4.79 Å². The zero-order valence-electron chi connectivity index (χ0n) is 11.2. The molecule has 0 bridgehead atoms. The van der Waals surface area contributed by atoms with Crippen LogP contribution in [0, 0.1) is 18.3 Å². The predicted octanol–water partition coefficient (Wildman–Crippen LogP) is 4.33. The Morgan fingerprint density at radius 3 is 2.50 bits per heavy atom. The molecular formula is C15H15ClINOS. The van der Waals surface area contributed by atoms with Crippen molar-refractivity contribution in [3.63, 3.8) is 0 Å². The van der Waals surface area contributed by atoms with E-state index in [-0.39, 0.29) is 26.5 Å². The smallest absolute Gasteiger partial charge is 0.238 e. The molecule has 20 heavy (non-hydrogen) atoms. The number of rotatable bonds is 3. The van der Waals surface area contributed by atoms with Crippen LogP contribution in [0.2, 0.25) is 5.02 Å². The molecular weight excluding hydrogens is 405 g/mol. The Labute approximate surface area is 142 Å². The summed E-state index contributed by atoms with van der Waals surface area (Å²) < 4.78 is -0.239. The van der Waals surface area contributed by atoms with E-state index in [4.69, 9.17) is 18.0 Å². The molecule has 5 heteroatoms. The number of carbonyl (C=O) groups is 1. The Balaban J connectivity index is 2.36. The van der Waals surface area contributed by atoms with Gasteiger partial charge in [0.2, 0.25) is 5.91 Å². The van der Waals surface area contributed by atoms with Gasteiger partial charge in [0.1, 0.15) is 9.42 Å². The van der Waals surface area contributed by atoms with Gasteiger partial charge in [-0.1, -0.05) is 43.5 Å². The van der Waals surface area contributed by atoms with Crippen molar-refractivity contribution in [3.05, 3.63) is 34.9 Å². The SMILES string of the molecule is C#CC(I)N1C(=O)C(C(C)C)SC1c1ccc(Cl)cc1. The minimum Gasteiger partial charge on any atom is -0.303 e. The van der Waals surface area contributed by atoms with Crippen molar-refractivity contribution in [1.82, 2.24) is 4.90 Å².